The molecule has 6 nitrogen and oxygen atoms in total. The van der Waals surface area contributed by atoms with Gasteiger partial charge in [-0.2, -0.15) is 5.10 Å². The van der Waals surface area contributed by atoms with Gasteiger partial charge in [0.05, 0.1) is 23.5 Å². The van der Waals surface area contributed by atoms with Gasteiger partial charge in [-0.3, -0.25) is 9.59 Å². The third-order valence-corrected chi connectivity index (χ3v) is 6.41. The number of carbonyl (C=O) groups excluding carboxylic acids is 2. The topological polar surface area (TPSA) is 58.4 Å². The molecule has 1 aromatic heterocycles. The van der Waals surface area contributed by atoms with Gasteiger partial charge in [0.2, 0.25) is 0 Å². The molecule has 5 rings (SSSR count). The predicted octanol–water partition coefficient (Wildman–Crippen LogP) is 4.00. The van der Waals surface area contributed by atoms with Crippen LogP contribution in [-0.2, 0) is 0 Å². The highest BCUT2D eigenvalue weighted by Gasteiger charge is 2.49. The highest BCUT2D eigenvalue weighted by atomic mass is 19.1. The number of hydrogen-bond donors (Lipinski definition) is 0. The summed E-state index contributed by atoms with van der Waals surface area (Å²) < 4.78 is 14.9. The summed E-state index contributed by atoms with van der Waals surface area (Å²) in [5.74, 6) is -0.347. The fraction of sp³-hybridized carbons (Fsp3) is 0.320. The number of fused-ring (bicyclic) bond motifs is 1. The second-order valence-electron chi connectivity index (χ2n) is 8.87. The molecule has 3 heterocycles. The molecule has 0 aliphatic carbocycles. The van der Waals surface area contributed by atoms with Crippen LogP contribution in [0.2, 0.25) is 0 Å². The van der Waals surface area contributed by atoms with Crippen LogP contribution in [0.3, 0.4) is 0 Å². The fourth-order valence-electron chi connectivity index (χ4n) is 4.86. The first-order chi connectivity index (χ1) is 15.4. The van der Waals surface area contributed by atoms with E-state index in [2.05, 4.69) is 18.9 Å². The van der Waals surface area contributed by atoms with Crippen molar-refractivity contribution in [3.63, 3.8) is 0 Å². The zero-order valence-corrected chi connectivity index (χ0v) is 18.3. The molecule has 2 aromatic carbocycles. The molecular formula is C25H25FN4O2. The fourth-order valence-corrected chi connectivity index (χ4v) is 4.86. The van der Waals surface area contributed by atoms with Crippen molar-refractivity contribution in [3.05, 3.63) is 82.9 Å². The van der Waals surface area contributed by atoms with Crippen molar-refractivity contribution in [3.8, 4) is 5.69 Å². The molecule has 2 aliphatic rings. The Morgan fingerprint density at radius 2 is 1.72 bits per heavy atom. The van der Waals surface area contributed by atoms with Crippen molar-refractivity contribution in [2.24, 2.45) is 5.92 Å². The molecule has 2 amide bonds. The lowest BCUT2D eigenvalue weighted by atomic mass is 9.94. The van der Waals surface area contributed by atoms with E-state index in [1.165, 1.54) is 24.3 Å². The van der Waals surface area contributed by atoms with Crippen LogP contribution in [-0.4, -0.2) is 50.5 Å². The van der Waals surface area contributed by atoms with Gasteiger partial charge in [0.1, 0.15) is 11.5 Å². The van der Waals surface area contributed by atoms with Gasteiger partial charge in [0, 0.05) is 24.2 Å². The zero-order valence-electron chi connectivity index (χ0n) is 18.3. The van der Waals surface area contributed by atoms with Crippen molar-refractivity contribution in [1.82, 2.24) is 19.6 Å². The van der Waals surface area contributed by atoms with Crippen molar-refractivity contribution < 1.29 is 14.0 Å². The normalized spacial score (nSPS) is 18.3. The molecule has 3 aromatic rings. The zero-order chi connectivity index (χ0) is 22.6. The van der Waals surface area contributed by atoms with Gasteiger partial charge < -0.3 is 9.80 Å². The highest BCUT2D eigenvalue weighted by Crippen LogP contribution is 2.43. The van der Waals surface area contributed by atoms with Crippen LogP contribution in [0.4, 0.5) is 4.39 Å². The van der Waals surface area contributed by atoms with E-state index in [9.17, 15) is 14.0 Å². The number of aromatic nitrogens is 2. The highest BCUT2D eigenvalue weighted by molar-refractivity contribution is 5.99. The largest absolute Gasteiger partial charge is 0.334 e. The van der Waals surface area contributed by atoms with Gasteiger partial charge in [0.15, 0.2) is 0 Å². The van der Waals surface area contributed by atoms with Gasteiger partial charge in [0.25, 0.3) is 11.8 Å². The Labute approximate surface area is 186 Å². The molecule has 0 saturated carbocycles. The smallest absolute Gasteiger partial charge is 0.273 e. The number of nitrogens with zero attached hydrogens (tertiary/aromatic N) is 4. The molecule has 1 fully saturated rings. The van der Waals surface area contributed by atoms with Crippen LogP contribution in [0.1, 0.15) is 52.0 Å². The van der Waals surface area contributed by atoms with E-state index < -0.39 is 0 Å². The molecule has 0 N–H and O–H groups in total. The van der Waals surface area contributed by atoms with E-state index in [4.69, 9.17) is 0 Å². The van der Waals surface area contributed by atoms with Crippen LogP contribution in [0.15, 0.2) is 54.6 Å². The van der Waals surface area contributed by atoms with Gasteiger partial charge in [-0.1, -0.05) is 32.0 Å². The molecule has 7 heteroatoms. The van der Waals surface area contributed by atoms with Gasteiger partial charge in [-0.15, -0.1) is 0 Å². The predicted molar refractivity (Wildman–Crippen MR) is 118 cm³/mol. The summed E-state index contributed by atoms with van der Waals surface area (Å²) in [6, 6.07) is 15.1. The van der Waals surface area contributed by atoms with Crippen molar-refractivity contribution in [2.45, 2.75) is 32.9 Å². The van der Waals surface area contributed by atoms with E-state index in [0.717, 1.165) is 16.9 Å². The minimum Gasteiger partial charge on any atom is -0.334 e. The van der Waals surface area contributed by atoms with Crippen molar-refractivity contribution in [2.75, 3.05) is 13.1 Å². The van der Waals surface area contributed by atoms with Gasteiger partial charge in [-0.05, 0) is 49.2 Å². The van der Waals surface area contributed by atoms with Crippen LogP contribution in [0.5, 0.6) is 0 Å². The third-order valence-electron chi connectivity index (χ3n) is 6.41. The lowest BCUT2D eigenvalue weighted by molar-refractivity contribution is 0.00829. The van der Waals surface area contributed by atoms with Gasteiger partial charge >= 0.3 is 0 Å². The van der Waals surface area contributed by atoms with Crippen LogP contribution < -0.4 is 0 Å². The first kappa shape index (κ1) is 20.4. The second kappa shape index (κ2) is 7.58. The molecule has 164 valence electrons. The molecule has 32 heavy (non-hydrogen) atoms. The SMILES string of the molecule is Cc1nn(-c2ccccc2)c2c1C(C(C)C)N(C1CN(C(=O)c3ccc(F)cc3)C1)C2=O. The number of rotatable bonds is 4. The lowest BCUT2D eigenvalue weighted by Crippen LogP contribution is -2.62. The minimum atomic E-state index is -0.369. The van der Waals surface area contributed by atoms with Crippen LogP contribution >= 0.6 is 0 Å². The molecule has 0 bridgehead atoms. The number of hydrogen-bond acceptors (Lipinski definition) is 3. The summed E-state index contributed by atoms with van der Waals surface area (Å²) in [7, 11) is 0. The number of amides is 2. The first-order valence-corrected chi connectivity index (χ1v) is 10.9. The average Bonchev–Trinajstić information content (AvgIpc) is 3.24. The summed E-state index contributed by atoms with van der Waals surface area (Å²) in [5, 5.41) is 4.69. The van der Waals surface area contributed by atoms with E-state index >= 15 is 0 Å². The molecular weight excluding hydrogens is 407 g/mol. The van der Waals surface area contributed by atoms with Crippen molar-refractivity contribution >= 4 is 11.8 Å². The first-order valence-electron chi connectivity index (χ1n) is 10.9. The average molecular weight is 432 g/mol. The Bertz CT molecular complexity index is 1180. The Morgan fingerprint density at radius 3 is 2.34 bits per heavy atom. The summed E-state index contributed by atoms with van der Waals surface area (Å²) in [5.41, 5.74) is 3.78. The summed E-state index contributed by atoms with van der Waals surface area (Å²) >= 11 is 0. The Kier molecular flexibility index (Phi) is 4.84. The summed E-state index contributed by atoms with van der Waals surface area (Å²) in [6.45, 7) is 7.11. The maximum Gasteiger partial charge on any atom is 0.273 e. The number of likely N-dealkylation sites (tertiary alicyclic amines) is 1. The van der Waals surface area contributed by atoms with Gasteiger partial charge in [-0.25, -0.2) is 9.07 Å². The molecule has 1 unspecified atom stereocenters. The van der Waals surface area contributed by atoms with E-state index in [1.807, 2.05) is 42.2 Å². The Morgan fingerprint density at radius 1 is 1.06 bits per heavy atom. The quantitative estimate of drug-likeness (QED) is 0.626. The third kappa shape index (κ3) is 3.11. The Hall–Kier alpha value is -3.48. The molecule has 1 saturated heterocycles. The number of para-hydroxylation sites is 1. The number of benzene rings is 2. The van der Waals surface area contributed by atoms with Crippen molar-refractivity contribution in [1.29, 1.82) is 0 Å². The lowest BCUT2D eigenvalue weighted by Gasteiger charge is -2.47. The number of carbonyl (C=O) groups is 2. The van der Waals surface area contributed by atoms with E-state index in [-0.39, 0.29) is 35.6 Å². The summed E-state index contributed by atoms with van der Waals surface area (Å²) in [4.78, 5) is 30.1. The molecule has 2 aliphatic heterocycles. The van der Waals surface area contributed by atoms with E-state index in [0.29, 0.717) is 24.3 Å². The molecule has 1 atom stereocenters. The van der Waals surface area contributed by atoms with E-state index in [1.54, 1.807) is 9.58 Å². The Balaban J connectivity index is 1.42. The summed E-state index contributed by atoms with van der Waals surface area (Å²) in [6.07, 6.45) is 0. The maximum atomic E-state index is 13.7. The second-order valence-corrected chi connectivity index (χ2v) is 8.87. The maximum absolute atomic E-state index is 13.7. The standard InChI is InChI=1S/C25H25FN4O2/c1-15(2)22-21-16(3)27-30(19-7-5-4-6-8-19)23(21)25(32)29(22)20-13-28(14-20)24(31)17-9-11-18(26)12-10-17/h4-12,15,20,22H,13-14H2,1-3H3. The minimum absolute atomic E-state index is 0.0398. The van der Waals surface area contributed by atoms with Crippen LogP contribution in [0.25, 0.3) is 5.69 Å². The number of aryl methyl sites for hydroxylation is 1. The molecule has 0 spiro atoms. The van der Waals surface area contributed by atoms with Crippen LogP contribution in [0, 0.1) is 18.7 Å². The number of halogens is 1. The monoisotopic (exact) mass is 432 g/mol. The molecule has 0 radical (unpaired) electrons.